The van der Waals surface area contributed by atoms with Crippen molar-refractivity contribution in [2.45, 2.75) is 110 Å². The van der Waals surface area contributed by atoms with Gasteiger partial charge in [0.2, 0.25) is 0 Å². The fourth-order valence-corrected chi connectivity index (χ4v) is 6.78. The predicted octanol–water partition coefficient (Wildman–Crippen LogP) is 10.1. The highest BCUT2D eigenvalue weighted by atomic mass is 16.4. The van der Waals surface area contributed by atoms with E-state index in [1.54, 1.807) is 12.1 Å². The lowest BCUT2D eigenvalue weighted by Gasteiger charge is -2.30. The zero-order valence-electron chi connectivity index (χ0n) is 32.9. The minimum atomic E-state index is -1.35. The smallest absolute Gasteiger partial charge is 0.336 e. The Morgan fingerprint density at radius 2 is 1.07 bits per heavy atom. The number of nitrogens with one attached hydrogen (secondary N) is 2. The highest BCUT2D eigenvalue weighted by molar-refractivity contribution is 6.16. The summed E-state index contributed by atoms with van der Waals surface area (Å²) in [7, 11) is 0. The third kappa shape index (κ3) is 10.6. The molecule has 0 heterocycles. The molecule has 4 aromatic carbocycles. The number of hydrogen-bond acceptors (Lipinski definition) is 5. The van der Waals surface area contributed by atoms with E-state index in [2.05, 4.69) is 55.7 Å². The molecule has 0 saturated carbocycles. The van der Waals surface area contributed by atoms with Gasteiger partial charge in [-0.2, -0.15) is 0 Å². The van der Waals surface area contributed by atoms with Gasteiger partial charge in [0.1, 0.15) is 0 Å². The molecule has 2 atom stereocenters. The summed E-state index contributed by atoms with van der Waals surface area (Å²) in [5.41, 5.74) is 2.64. The lowest BCUT2D eigenvalue weighted by Crippen LogP contribution is -2.45. The van der Waals surface area contributed by atoms with Crippen LogP contribution in [0.1, 0.15) is 167 Å². The summed E-state index contributed by atoms with van der Waals surface area (Å²) in [5, 5.41) is 25.5. The summed E-state index contributed by atoms with van der Waals surface area (Å²) >= 11 is 0. The standard InChI is InChI=1S/C46H54N2O7/c1-7-11-25-45(5,9-3)34-19-13-30(14-20-34)27-31-15-21-35(22-16-31)47-41(50)38-28-32(17-23-36(38)43(52)53)40(49)33-18-24-37(44(54)55)39(29-33)42(51)48-46(6,10-4)26-12-8-2/h13-24,28-29H,7-12,25-27H2,1-6H3,(H,47,50)(H,48,51)(H,52,53)(H,54,55). The van der Waals surface area contributed by atoms with E-state index in [4.69, 9.17) is 0 Å². The van der Waals surface area contributed by atoms with Gasteiger partial charge in [-0.15, -0.1) is 0 Å². The maximum Gasteiger partial charge on any atom is 0.336 e. The number of anilines is 1. The molecule has 0 spiro atoms. The van der Waals surface area contributed by atoms with E-state index in [-0.39, 0.29) is 38.8 Å². The second-order valence-corrected chi connectivity index (χ2v) is 15.0. The van der Waals surface area contributed by atoms with E-state index < -0.39 is 35.1 Å². The van der Waals surface area contributed by atoms with E-state index in [0.29, 0.717) is 24.9 Å². The van der Waals surface area contributed by atoms with Crippen LogP contribution in [0.2, 0.25) is 0 Å². The number of ketones is 1. The molecule has 9 heteroatoms. The zero-order valence-corrected chi connectivity index (χ0v) is 32.9. The van der Waals surface area contributed by atoms with Crippen molar-refractivity contribution in [3.05, 3.63) is 135 Å². The third-order valence-corrected chi connectivity index (χ3v) is 10.9. The number of amides is 2. The van der Waals surface area contributed by atoms with Gasteiger partial charge in [0.05, 0.1) is 22.3 Å². The summed E-state index contributed by atoms with van der Waals surface area (Å²) in [5.74, 6) is -4.61. The first-order chi connectivity index (χ1) is 26.2. The van der Waals surface area contributed by atoms with E-state index in [9.17, 15) is 34.2 Å². The monoisotopic (exact) mass is 746 g/mol. The summed E-state index contributed by atoms with van der Waals surface area (Å²) in [4.78, 5) is 64.9. The van der Waals surface area contributed by atoms with Crippen LogP contribution < -0.4 is 10.6 Å². The van der Waals surface area contributed by atoms with Crippen LogP contribution in [0.25, 0.3) is 0 Å². The largest absolute Gasteiger partial charge is 0.478 e. The molecular weight excluding hydrogens is 693 g/mol. The number of carbonyl (C=O) groups excluding carboxylic acids is 3. The Morgan fingerprint density at radius 3 is 1.55 bits per heavy atom. The Morgan fingerprint density at radius 1 is 0.582 bits per heavy atom. The topological polar surface area (TPSA) is 150 Å². The van der Waals surface area contributed by atoms with Crippen LogP contribution in [-0.4, -0.2) is 45.3 Å². The molecule has 4 aromatic rings. The van der Waals surface area contributed by atoms with Crippen molar-refractivity contribution in [1.82, 2.24) is 5.32 Å². The lowest BCUT2D eigenvalue weighted by molar-refractivity contribution is 0.0682. The normalized spacial score (nSPS) is 13.3. The van der Waals surface area contributed by atoms with E-state index >= 15 is 0 Å². The molecule has 4 rings (SSSR count). The van der Waals surface area contributed by atoms with Gasteiger partial charge in [0.15, 0.2) is 5.78 Å². The molecular formula is C46H54N2O7. The number of carboxylic acids is 2. The van der Waals surface area contributed by atoms with Gasteiger partial charge in [-0.3, -0.25) is 14.4 Å². The Bertz CT molecular complexity index is 2020. The molecule has 55 heavy (non-hydrogen) atoms. The number of carbonyl (C=O) groups is 5. The number of carboxylic acid groups (broad SMARTS) is 2. The SMILES string of the molecule is CCCCC(C)(CC)NC(=O)c1cc(C(=O)c2ccc(C(=O)O)c(C(=O)Nc3ccc(Cc4ccc(C(C)(CC)CCCC)cc4)cc3)c2)ccc1C(=O)O. The van der Waals surface area contributed by atoms with Crippen LogP contribution in [-0.2, 0) is 11.8 Å². The summed E-state index contributed by atoms with van der Waals surface area (Å²) in [6.45, 7) is 12.7. The molecule has 0 aliphatic rings. The average molecular weight is 747 g/mol. The Kier molecular flexibility index (Phi) is 14.3. The molecule has 0 saturated heterocycles. The Hall–Kier alpha value is -5.57. The molecule has 0 aromatic heterocycles. The van der Waals surface area contributed by atoms with Crippen molar-refractivity contribution in [2.24, 2.45) is 0 Å². The fourth-order valence-electron chi connectivity index (χ4n) is 6.78. The van der Waals surface area contributed by atoms with Gasteiger partial charge in [-0.1, -0.05) is 109 Å². The van der Waals surface area contributed by atoms with E-state index in [1.807, 2.05) is 32.9 Å². The van der Waals surface area contributed by atoms with Gasteiger partial charge in [-0.25, -0.2) is 9.59 Å². The van der Waals surface area contributed by atoms with Crippen LogP contribution in [0.15, 0.2) is 84.9 Å². The summed E-state index contributed by atoms with van der Waals surface area (Å²) < 4.78 is 0. The third-order valence-electron chi connectivity index (χ3n) is 10.9. The van der Waals surface area contributed by atoms with Crippen molar-refractivity contribution >= 4 is 35.2 Å². The van der Waals surface area contributed by atoms with Gasteiger partial charge in [0, 0.05) is 22.4 Å². The number of hydrogen-bond donors (Lipinski definition) is 4. The molecule has 0 aliphatic heterocycles. The number of rotatable bonds is 19. The van der Waals surface area contributed by atoms with E-state index in [1.165, 1.54) is 60.4 Å². The molecule has 0 fully saturated rings. The van der Waals surface area contributed by atoms with Gasteiger partial charge >= 0.3 is 11.9 Å². The van der Waals surface area contributed by atoms with Crippen molar-refractivity contribution in [1.29, 1.82) is 0 Å². The lowest BCUT2D eigenvalue weighted by atomic mass is 9.76. The second-order valence-electron chi connectivity index (χ2n) is 15.0. The van der Waals surface area contributed by atoms with E-state index in [0.717, 1.165) is 31.2 Å². The van der Waals surface area contributed by atoms with Crippen LogP contribution in [0.5, 0.6) is 0 Å². The first-order valence-electron chi connectivity index (χ1n) is 19.3. The van der Waals surface area contributed by atoms with Crippen molar-refractivity contribution < 1.29 is 34.2 Å². The highest BCUT2D eigenvalue weighted by Crippen LogP contribution is 2.33. The maximum absolute atomic E-state index is 13.8. The summed E-state index contributed by atoms with van der Waals surface area (Å²) in [6.07, 6.45) is 8.42. The molecule has 0 aliphatic carbocycles. The van der Waals surface area contributed by atoms with Crippen molar-refractivity contribution in [2.75, 3.05) is 5.32 Å². The van der Waals surface area contributed by atoms with Crippen LogP contribution in [0.3, 0.4) is 0 Å². The zero-order chi connectivity index (χ0) is 40.3. The average Bonchev–Trinajstić information content (AvgIpc) is 3.19. The minimum absolute atomic E-state index is 0.00286. The predicted molar refractivity (Wildman–Crippen MR) is 217 cm³/mol. The van der Waals surface area contributed by atoms with Crippen molar-refractivity contribution in [3.8, 4) is 0 Å². The number of unbranched alkanes of at least 4 members (excludes halogenated alkanes) is 2. The summed E-state index contributed by atoms with van der Waals surface area (Å²) in [6, 6.07) is 23.5. The second kappa shape index (κ2) is 18.7. The Labute approximate surface area is 324 Å². The quantitative estimate of drug-likeness (QED) is 0.0698. The molecule has 2 amide bonds. The number of benzene rings is 4. The molecule has 0 radical (unpaired) electrons. The van der Waals surface area contributed by atoms with Gasteiger partial charge < -0.3 is 20.8 Å². The minimum Gasteiger partial charge on any atom is -0.478 e. The van der Waals surface area contributed by atoms with Crippen LogP contribution in [0, 0.1) is 0 Å². The molecule has 9 nitrogen and oxygen atoms in total. The molecule has 0 bridgehead atoms. The first kappa shape index (κ1) is 42.2. The Balaban J connectivity index is 1.54. The molecule has 290 valence electrons. The fraction of sp³-hybridized carbons (Fsp3) is 0.370. The van der Waals surface area contributed by atoms with Crippen LogP contribution in [0.4, 0.5) is 5.69 Å². The molecule has 4 N–H and O–H groups in total. The highest BCUT2D eigenvalue weighted by Gasteiger charge is 2.28. The van der Waals surface area contributed by atoms with Gasteiger partial charge in [-0.05, 0) is 97.5 Å². The van der Waals surface area contributed by atoms with Crippen molar-refractivity contribution in [3.63, 3.8) is 0 Å². The van der Waals surface area contributed by atoms with Crippen LogP contribution >= 0.6 is 0 Å². The maximum atomic E-state index is 13.8. The van der Waals surface area contributed by atoms with Gasteiger partial charge in [0.25, 0.3) is 11.8 Å². The molecule has 2 unspecified atom stereocenters. The number of aromatic carboxylic acids is 2. The first-order valence-corrected chi connectivity index (χ1v) is 19.3.